The largest absolute Gasteiger partial charge is 0.548 e. The van der Waals surface area contributed by atoms with Gasteiger partial charge in [-0.2, -0.15) is 0 Å². The Labute approximate surface area is 169 Å². The molecule has 0 aromatic heterocycles. The first-order valence-electron chi connectivity index (χ1n) is 7.81. The first-order valence-corrected chi connectivity index (χ1v) is 9.85. The summed E-state index contributed by atoms with van der Waals surface area (Å²) < 4.78 is 13.6. The van der Waals surface area contributed by atoms with Gasteiger partial charge in [0.2, 0.25) is 0 Å². The molecule has 2 aliphatic heterocycles. The number of anilines is 1. The number of carbonyl (C=O) groups is 2. The molecule has 1 aromatic carbocycles. The van der Waals surface area contributed by atoms with Crippen LogP contribution in [0.15, 0.2) is 56.8 Å². The first-order chi connectivity index (χ1) is 12.8. The Morgan fingerprint density at radius 2 is 2.11 bits per heavy atom. The second kappa shape index (κ2) is 7.87. The van der Waals surface area contributed by atoms with Crippen molar-refractivity contribution in [2.75, 3.05) is 18.5 Å². The molecule has 1 amide bonds. The molecule has 0 aliphatic carbocycles. The summed E-state index contributed by atoms with van der Waals surface area (Å²) in [5, 5.41) is 11.7. The molecule has 2 heterocycles. The lowest BCUT2D eigenvalue weighted by atomic mass is 10.2. The van der Waals surface area contributed by atoms with Gasteiger partial charge in [-0.15, -0.1) is 0 Å². The number of halogens is 1. The van der Waals surface area contributed by atoms with E-state index in [1.54, 1.807) is 12.1 Å². The topological polar surface area (TPSA) is 63.7 Å². The summed E-state index contributed by atoms with van der Waals surface area (Å²) in [6, 6.07) is 4.66. The van der Waals surface area contributed by atoms with Gasteiger partial charge in [0.15, 0.2) is 0 Å². The lowest BCUT2D eigenvalue weighted by molar-refractivity contribution is -0.305. The lowest BCUT2D eigenvalue weighted by Crippen LogP contribution is -2.40. The number of amides is 1. The van der Waals surface area contributed by atoms with Crippen molar-refractivity contribution in [2.45, 2.75) is 11.8 Å². The predicted molar refractivity (Wildman–Crippen MR) is 107 cm³/mol. The molecule has 0 bridgehead atoms. The van der Waals surface area contributed by atoms with Crippen molar-refractivity contribution in [1.82, 2.24) is 4.90 Å². The van der Waals surface area contributed by atoms with Gasteiger partial charge in [0, 0.05) is 11.9 Å². The number of carbonyl (C=O) groups excluding carboxylic acids is 2. The van der Waals surface area contributed by atoms with Crippen LogP contribution in [0.1, 0.15) is 6.92 Å². The summed E-state index contributed by atoms with van der Waals surface area (Å²) in [6.07, 6.45) is 5.39. The highest BCUT2D eigenvalue weighted by atomic mass is 32.2. The Morgan fingerprint density at radius 3 is 2.81 bits per heavy atom. The number of aliphatic carboxylic acids is 1. The van der Waals surface area contributed by atoms with Crippen LogP contribution in [0.5, 0.6) is 0 Å². The zero-order chi connectivity index (χ0) is 19.7. The van der Waals surface area contributed by atoms with E-state index in [0.717, 1.165) is 37.8 Å². The number of benzene rings is 1. The molecule has 1 saturated heterocycles. The third-order valence-corrected chi connectivity index (χ3v) is 6.40. The fourth-order valence-electron chi connectivity index (χ4n) is 2.51. The molecule has 0 spiro atoms. The molecule has 0 atom stereocenters. The Hall–Kier alpha value is -2.10. The average molecular weight is 422 g/mol. The smallest absolute Gasteiger partial charge is 0.266 e. The van der Waals surface area contributed by atoms with Crippen molar-refractivity contribution in [1.29, 1.82) is 0 Å². The SMILES string of the molecule is CC(=CC=C1Sc2ccc(F)cc2N1C)C=C1SC(=S)N(CC(=O)[O-])C1=O. The van der Waals surface area contributed by atoms with E-state index < -0.39 is 18.4 Å². The number of hydrogen-bond acceptors (Lipinski definition) is 7. The number of allylic oxidation sites excluding steroid dienone is 4. The number of rotatable bonds is 4. The molecule has 0 saturated carbocycles. The summed E-state index contributed by atoms with van der Waals surface area (Å²) in [7, 11) is 1.86. The minimum atomic E-state index is -1.36. The van der Waals surface area contributed by atoms with Crippen molar-refractivity contribution in [3.63, 3.8) is 0 Å². The van der Waals surface area contributed by atoms with Crippen LogP contribution in [0, 0.1) is 5.82 Å². The fraction of sp³-hybridized carbons (Fsp3) is 0.167. The third kappa shape index (κ3) is 4.26. The van der Waals surface area contributed by atoms with Crippen molar-refractivity contribution < 1.29 is 19.1 Å². The molecule has 140 valence electrons. The molecule has 1 fully saturated rings. The molecule has 9 heteroatoms. The Bertz CT molecular complexity index is 940. The van der Waals surface area contributed by atoms with Gasteiger partial charge in [-0.3, -0.25) is 9.69 Å². The first kappa shape index (κ1) is 19.7. The third-order valence-electron chi connectivity index (χ3n) is 3.84. The van der Waals surface area contributed by atoms with E-state index in [2.05, 4.69) is 0 Å². The van der Waals surface area contributed by atoms with Crippen LogP contribution in [0.2, 0.25) is 0 Å². The number of carboxylic acid groups (broad SMARTS) is 1. The minimum absolute atomic E-state index is 0.199. The van der Waals surface area contributed by atoms with Crippen LogP contribution in [-0.2, 0) is 9.59 Å². The molecule has 2 aliphatic rings. The molecular formula is C18H14FN2O3S3-. The number of fused-ring (bicyclic) bond motifs is 1. The Morgan fingerprint density at radius 1 is 1.37 bits per heavy atom. The summed E-state index contributed by atoms with van der Waals surface area (Å²) in [5.74, 6) is -2.08. The number of thiocarbonyl (C=S) groups is 1. The molecule has 3 rings (SSSR count). The minimum Gasteiger partial charge on any atom is -0.548 e. The zero-order valence-electron chi connectivity index (χ0n) is 14.4. The maximum Gasteiger partial charge on any atom is 0.266 e. The number of carboxylic acids is 1. The quantitative estimate of drug-likeness (QED) is 0.547. The maximum absolute atomic E-state index is 13.4. The summed E-state index contributed by atoms with van der Waals surface area (Å²) in [5.41, 5.74) is 1.60. The summed E-state index contributed by atoms with van der Waals surface area (Å²) in [6.45, 7) is 1.28. The second-order valence-corrected chi connectivity index (χ2v) is 8.57. The molecule has 1 aromatic rings. The van der Waals surface area contributed by atoms with E-state index >= 15 is 0 Å². The highest BCUT2D eigenvalue weighted by molar-refractivity contribution is 8.26. The molecule has 0 unspecified atom stereocenters. The van der Waals surface area contributed by atoms with Crippen LogP contribution in [0.3, 0.4) is 0 Å². The normalized spacial score (nSPS) is 20.2. The number of hydrogen-bond donors (Lipinski definition) is 0. The van der Waals surface area contributed by atoms with Gasteiger partial charge in [0.1, 0.15) is 10.1 Å². The van der Waals surface area contributed by atoms with Crippen molar-refractivity contribution >= 4 is 57.6 Å². The summed E-state index contributed by atoms with van der Waals surface area (Å²) >= 11 is 7.64. The number of nitrogens with zero attached hydrogens (tertiary/aromatic N) is 2. The van der Waals surface area contributed by atoms with Gasteiger partial charge in [0.25, 0.3) is 5.91 Å². The van der Waals surface area contributed by atoms with Gasteiger partial charge >= 0.3 is 0 Å². The molecule has 5 nitrogen and oxygen atoms in total. The van der Waals surface area contributed by atoms with E-state index in [4.69, 9.17) is 12.2 Å². The lowest BCUT2D eigenvalue weighted by Gasteiger charge is -2.14. The highest BCUT2D eigenvalue weighted by Crippen LogP contribution is 2.45. The van der Waals surface area contributed by atoms with Gasteiger partial charge in [-0.05, 0) is 42.8 Å². The van der Waals surface area contributed by atoms with E-state index in [1.165, 1.54) is 23.9 Å². The molecule has 27 heavy (non-hydrogen) atoms. The zero-order valence-corrected chi connectivity index (χ0v) is 16.8. The monoisotopic (exact) mass is 421 g/mol. The van der Waals surface area contributed by atoms with Gasteiger partial charge < -0.3 is 14.8 Å². The van der Waals surface area contributed by atoms with Crippen LogP contribution in [0.25, 0.3) is 0 Å². The predicted octanol–water partition coefficient (Wildman–Crippen LogP) is 2.65. The van der Waals surface area contributed by atoms with Gasteiger partial charge in [-0.1, -0.05) is 41.8 Å². The second-order valence-electron chi connectivity index (χ2n) is 5.83. The maximum atomic E-state index is 13.4. The van der Waals surface area contributed by atoms with Gasteiger partial charge in [0.05, 0.1) is 28.1 Å². The number of thioether (sulfide) groups is 2. The molecule has 0 radical (unpaired) electrons. The van der Waals surface area contributed by atoms with Crippen LogP contribution in [-0.4, -0.2) is 34.7 Å². The van der Waals surface area contributed by atoms with Crippen LogP contribution >= 0.6 is 35.7 Å². The highest BCUT2D eigenvalue weighted by Gasteiger charge is 2.31. The van der Waals surface area contributed by atoms with Crippen molar-refractivity contribution in [3.05, 3.63) is 57.8 Å². The van der Waals surface area contributed by atoms with Gasteiger partial charge in [-0.25, -0.2) is 4.39 Å². The van der Waals surface area contributed by atoms with Crippen molar-refractivity contribution in [3.8, 4) is 0 Å². The van der Waals surface area contributed by atoms with E-state index in [0.29, 0.717) is 4.91 Å². The van der Waals surface area contributed by atoms with Crippen LogP contribution < -0.4 is 10.0 Å². The van der Waals surface area contributed by atoms with E-state index in [-0.39, 0.29) is 10.1 Å². The van der Waals surface area contributed by atoms with E-state index in [1.807, 2.05) is 31.0 Å². The van der Waals surface area contributed by atoms with Crippen LogP contribution in [0.4, 0.5) is 10.1 Å². The summed E-state index contributed by atoms with van der Waals surface area (Å²) in [4.78, 5) is 27.2. The molecule has 0 N–H and O–H groups in total. The Balaban J connectivity index is 1.76. The Kier molecular flexibility index (Phi) is 5.73. The van der Waals surface area contributed by atoms with Crippen molar-refractivity contribution in [2.24, 2.45) is 0 Å². The fourth-order valence-corrected chi connectivity index (χ4v) is 4.85. The van der Waals surface area contributed by atoms with E-state index in [9.17, 15) is 19.1 Å². The standard InChI is InChI=1S/C18H15FN2O3S3/c1-10(7-14-17(24)21(9-16(22)23)18(25)27-14)3-6-15-20(2)12-8-11(19)4-5-13(12)26-15/h3-8H,9H2,1-2H3,(H,22,23)/p-1. The average Bonchev–Trinajstić information content (AvgIpc) is 3.04. The molecular weight excluding hydrogens is 407 g/mol.